The van der Waals surface area contributed by atoms with E-state index in [2.05, 4.69) is 0 Å². The van der Waals surface area contributed by atoms with E-state index in [4.69, 9.17) is 10.2 Å². The summed E-state index contributed by atoms with van der Waals surface area (Å²) in [4.78, 5) is 23.2. The van der Waals surface area contributed by atoms with Crippen molar-refractivity contribution >= 4 is 11.9 Å². The first-order chi connectivity index (χ1) is 6.65. The van der Waals surface area contributed by atoms with Gasteiger partial charge in [-0.15, -0.1) is 0 Å². The van der Waals surface area contributed by atoms with Crippen LogP contribution in [0.5, 0.6) is 0 Å². The van der Waals surface area contributed by atoms with Gasteiger partial charge in [-0.05, 0) is 19.3 Å². The van der Waals surface area contributed by atoms with Gasteiger partial charge in [0.05, 0.1) is 12.6 Å². The predicted octanol–water partition coefficient (Wildman–Crippen LogP) is -0.166. The monoisotopic (exact) mass is 201 g/mol. The first-order valence-corrected chi connectivity index (χ1v) is 4.77. The summed E-state index contributed by atoms with van der Waals surface area (Å²) in [5, 5.41) is 17.5. The topological polar surface area (TPSA) is 77.8 Å². The molecule has 80 valence electrons. The Hall–Kier alpha value is -1.10. The van der Waals surface area contributed by atoms with Gasteiger partial charge in [0.2, 0.25) is 5.91 Å². The Morgan fingerprint density at radius 2 is 2.07 bits per heavy atom. The molecule has 5 heteroatoms. The van der Waals surface area contributed by atoms with Crippen molar-refractivity contribution < 1.29 is 19.8 Å². The summed E-state index contributed by atoms with van der Waals surface area (Å²) < 4.78 is 0. The smallest absolute Gasteiger partial charge is 0.312 e. The van der Waals surface area contributed by atoms with E-state index in [1.54, 1.807) is 0 Å². The normalized spacial score (nSPS) is 22.1. The highest BCUT2D eigenvalue weighted by atomic mass is 16.4. The van der Waals surface area contributed by atoms with Crippen LogP contribution in [-0.4, -0.2) is 46.2 Å². The standard InChI is InChI=1S/C9H15NO4/c11-6-7-3-1-2-4-10(7)8(12)5-9(13)14/h7,11H,1-6H2,(H,13,14). The van der Waals surface area contributed by atoms with Crippen molar-refractivity contribution in [1.29, 1.82) is 0 Å². The molecule has 0 bridgehead atoms. The molecule has 1 atom stereocenters. The number of likely N-dealkylation sites (tertiary alicyclic amines) is 1. The number of rotatable bonds is 3. The van der Waals surface area contributed by atoms with E-state index in [0.717, 1.165) is 19.3 Å². The van der Waals surface area contributed by atoms with Crippen LogP contribution in [0, 0.1) is 0 Å². The molecule has 0 aliphatic carbocycles. The van der Waals surface area contributed by atoms with Gasteiger partial charge in [0.15, 0.2) is 0 Å². The fourth-order valence-electron chi connectivity index (χ4n) is 1.75. The Morgan fingerprint density at radius 3 is 2.64 bits per heavy atom. The summed E-state index contributed by atoms with van der Waals surface area (Å²) >= 11 is 0. The molecule has 1 unspecified atom stereocenters. The van der Waals surface area contributed by atoms with Crippen molar-refractivity contribution in [2.24, 2.45) is 0 Å². The maximum absolute atomic E-state index is 11.4. The van der Waals surface area contributed by atoms with Crippen LogP contribution in [0.4, 0.5) is 0 Å². The number of amides is 1. The summed E-state index contributed by atoms with van der Waals surface area (Å²) in [6.07, 6.45) is 2.17. The van der Waals surface area contributed by atoms with Gasteiger partial charge in [-0.2, -0.15) is 0 Å². The van der Waals surface area contributed by atoms with Crippen molar-refractivity contribution in [3.63, 3.8) is 0 Å². The number of piperidine rings is 1. The third-order valence-electron chi connectivity index (χ3n) is 2.46. The first kappa shape index (κ1) is 11.0. The van der Waals surface area contributed by atoms with Crippen molar-refractivity contribution in [3.8, 4) is 0 Å². The van der Waals surface area contributed by atoms with Crippen LogP contribution >= 0.6 is 0 Å². The van der Waals surface area contributed by atoms with E-state index in [1.165, 1.54) is 4.90 Å². The van der Waals surface area contributed by atoms with Crippen LogP contribution in [0.25, 0.3) is 0 Å². The average molecular weight is 201 g/mol. The van der Waals surface area contributed by atoms with Crippen LogP contribution in [0.3, 0.4) is 0 Å². The molecule has 0 radical (unpaired) electrons. The van der Waals surface area contributed by atoms with Crippen LogP contribution < -0.4 is 0 Å². The Bertz CT molecular complexity index is 229. The molecular formula is C9H15NO4. The molecule has 1 saturated heterocycles. The number of carboxylic acids is 1. The second-order valence-electron chi connectivity index (χ2n) is 3.49. The third kappa shape index (κ3) is 2.70. The molecule has 2 N–H and O–H groups in total. The molecule has 1 rings (SSSR count). The minimum atomic E-state index is -1.11. The number of carboxylic acid groups (broad SMARTS) is 1. The zero-order valence-electron chi connectivity index (χ0n) is 7.98. The number of aliphatic hydroxyl groups excluding tert-OH is 1. The second-order valence-corrected chi connectivity index (χ2v) is 3.49. The summed E-state index contributed by atoms with van der Waals surface area (Å²) in [6.45, 7) is 0.489. The van der Waals surface area contributed by atoms with Crippen molar-refractivity contribution in [1.82, 2.24) is 4.90 Å². The Kier molecular flexibility index (Phi) is 3.88. The lowest BCUT2D eigenvalue weighted by Crippen LogP contribution is -2.46. The van der Waals surface area contributed by atoms with Crippen molar-refractivity contribution in [2.45, 2.75) is 31.7 Å². The summed E-state index contributed by atoms with van der Waals surface area (Å²) in [5.41, 5.74) is 0. The van der Waals surface area contributed by atoms with Crippen LogP contribution in [0.2, 0.25) is 0 Å². The van der Waals surface area contributed by atoms with Gasteiger partial charge in [-0.1, -0.05) is 0 Å². The zero-order chi connectivity index (χ0) is 10.6. The van der Waals surface area contributed by atoms with Gasteiger partial charge in [-0.25, -0.2) is 0 Å². The molecule has 5 nitrogen and oxygen atoms in total. The molecule has 0 aromatic carbocycles. The quantitative estimate of drug-likeness (QED) is 0.622. The Morgan fingerprint density at radius 1 is 1.36 bits per heavy atom. The van der Waals surface area contributed by atoms with Crippen LogP contribution in [0.1, 0.15) is 25.7 Å². The van der Waals surface area contributed by atoms with Gasteiger partial charge in [0.1, 0.15) is 6.42 Å². The van der Waals surface area contributed by atoms with E-state index in [0.29, 0.717) is 6.54 Å². The molecule has 14 heavy (non-hydrogen) atoms. The van der Waals surface area contributed by atoms with E-state index in [9.17, 15) is 9.59 Å². The largest absolute Gasteiger partial charge is 0.481 e. The lowest BCUT2D eigenvalue weighted by atomic mass is 10.0. The minimum Gasteiger partial charge on any atom is -0.481 e. The van der Waals surface area contributed by atoms with Gasteiger partial charge < -0.3 is 15.1 Å². The third-order valence-corrected chi connectivity index (χ3v) is 2.46. The molecule has 0 saturated carbocycles. The lowest BCUT2D eigenvalue weighted by molar-refractivity contribution is -0.146. The SMILES string of the molecule is O=C(O)CC(=O)N1CCCCC1CO. The number of nitrogens with zero attached hydrogens (tertiary/aromatic N) is 1. The number of aliphatic carboxylic acids is 1. The van der Waals surface area contributed by atoms with Gasteiger partial charge >= 0.3 is 5.97 Å². The van der Waals surface area contributed by atoms with E-state index in [-0.39, 0.29) is 12.6 Å². The minimum absolute atomic E-state index is 0.0780. The zero-order valence-corrected chi connectivity index (χ0v) is 7.98. The summed E-state index contributed by atoms with van der Waals surface area (Å²) in [5.74, 6) is -1.51. The van der Waals surface area contributed by atoms with Gasteiger partial charge in [0, 0.05) is 6.54 Å². The van der Waals surface area contributed by atoms with E-state index in [1.807, 2.05) is 0 Å². The molecular weight excluding hydrogens is 186 g/mol. The summed E-state index contributed by atoms with van der Waals surface area (Å²) in [6, 6.07) is -0.185. The number of carbonyl (C=O) groups excluding carboxylic acids is 1. The number of carbonyl (C=O) groups is 2. The number of hydrogen-bond donors (Lipinski definition) is 2. The second kappa shape index (κ2) is 4.95. The predicted molar refractivity (Wildman–Crippen MR) is 48.7 cm³/mol. The Labute approximate surface area is 82.3 Å². The van der Waals surface area contributed by atoms with Crippen LogP contribution in [0.15, 0.2) is 0 Å². The fraction of sp³-hybridized carbons (Fsp3) is 0.778. The van der Waals surface area contributed by atoms with Crippen LogP contribution in [-0.2, 0) is 9.59 Å². The molecule has 0 aromatic rings. The van der Waals surface area contributed by atoms with Gasteiger partial charge in [-0.3, -0.25) is 9.59 Å². The van der Waals surface area contributed by atoms with E-state index < -0.39 is 18.3 Å². The highest BCUT2D eigenvalue weighted by molar-refractivity contribution is 5.93. The lowest BCUT2D eigenvalue weighted by Gasteiger charge is -2.34. The number of aliphatic hydroxyl groups is 1. The first-order valence-electron chi connectivity index (χ1n) is 4.77. The van der Waals surface area contributed by atoms with E-state index >= 15 is 0 Å². The molecule has 1 heterocycles. The summed E-state index contributed by atoms with van der Waals surface area (Å²) in [7, 11) is 0. The number of hydrogen-bond acceptors (Lipinski definition) is 3. The molecule has 1 fully saturated rings. The molecule has 1 amide bonds. The average Bonchev–Trinajstić information content (AvgIpc) is 2.16. The molecule has 1 aliphatic rings. The fourth-order valence-corrected chi connectivity index (χ4v) is 1.75. The Balaban J connectivity index is 2.54. The molecule has 0 aromatic heterocycles. The highest BCUT2D eigenvalue weighted by Crippen LogP contribution is 2.17. The molecule has 1 aliphatic heterocycles. The van der Waals surface area contributed by atoms with Crippen molar-refractivity contribution in [3.05, 3.63) is 0 Å². The van der Waals surface area contributed by atoms with Gasteiger partial charge in [0.25, 0.3) is 0 Å². The highest BCUT2D eigenvalue weighted by Gasteiger charge is 2.26. The maximum atomic E-state index is 11.4. The van der Waals surface area contributed by atoms with Crippen molar-refractivity contribution in [2.75, 3.05) is 13.2 Å². The molecule has 0 spiro atoms. The maximum Gasteiger partial charge on any atom is 0.312 e.